The van der Waals surface area contributed by atoms with Crippen molar-refractivity contribution in [3.8, 4) is 34.8 Å². The first-order valence-electron chi connectivity index (χ1n) is 10.9. The zero-order chi connectivity index (χ0) is 25.7. The molecule has 0 aliphatic carbocycles. The molecule has 2 N–H and O–H groups in total. The molecule has 0 saturated heterocycles. The summed E-state index contributed by atoms with van der Waals surface area (Å²) in [6, 6.07) is 19.7. The molecular weight excluding hydrogens is 460 g/mol. The van der Waals surface area contributed by atoms with Crippen LogP contribution >= 0.6 is 0 Å². The van der Waals surface area contributed by atoms with Crippen molar-refractivity contribution < 1.29 is 28.5 Å². The summed E-state index contributed by atoms with van der Waals surface area (Å²) >= 11 is 0. The van der Waals surface area contributed by atoms with Crippen LogP contribution in [0, 0.1) is 11.3 Å². The average Bonchev–Trinajstić information content (AvgIpc) is 2.91. The Balaban J connectivity index is 1.61. The third kappa shape index (κ3) is 4.95. The standard InChI is InChI=1S/C28H24N2O6/c1-32-18-7-4-17(5-8-18)6-13-26(31)35-20-10-12-22-25(15-20)36-28(30)23(16-29)27(22)21-11-9-19(33-2)14-24(21)34-3/h4-15,27H,30H2,1-3H3/b13-6+. The highest BCUT2D eigenvalue weighted by Gasteiger charge is 2.33. The maximum Gasteiger partial charge on any atom is 0.336 e. The van der Waals surface area contributed by atoms with E-state index in [4.69, 9.17) is 29.4 Å². The summed E-state index contributed by atoms with van der Waals surface area (Å²) < 4.78 is 27.2. The van der Waals surface area contributed by atoms with Crippen LogP contribution in [-0.4, -0.2) is 27.3 Å². The fourth-order valence-corrected chi connectivity index (χ4v) is 3.91. The molecule has 3 aromatic rings. The van der Waals surface area contributed by atoms with Crippen molar-refractivity contribution >= 4 is 12.0 Å². The fourth-order valence-electron chi connectivity index (χ4n) is 3.91. The molecule has 8 heteroatoms. The summed E-state index contributed by atoms with van der Waals surface area (Å²) in [5.74, 6) is 1.38. The van der Waals surface area contributed by atoms with Gasteiger partial charge in [0.05, 0.1) is 27.2 Å². The lowest BCUT2D eigenvalue weighted by atomic mass is 9.83. The third-order valence-corrected chi connectivity index (χ3v) is 5.69. The largest absolute Gasteiger partial charge is 0.497 e. The number of fused-ring (bicyclic) bond motifs is 1. The molecule has 36 heavy (non-hydrogen) atoms. The van der Waals surface area contributed by atoms with Gasteiger partial charge in [0.25, 0.3) is 0 Å². The minimum atomic E-state index is -0.559. The van der Waals surface area contributed by atoms with E-state index in [9.17, 15) is 10.1 Å². The van der Waals surface area contributed by atoms with Gasteiger partial charge >= 0.3 is 5.97 Å². The molecule has 1 aliphatic heterocycles. The van der Waals surface area contributed by atoms with E-state index in [2.05, 4.69) is 6.07 Å². The van der Waals surface area contributed by atoms with Crippen LogP contribution in [0.2, 0.25) is 0 Å². The van der Waals surface area contributed by atoms with E-state index in [0.717, 1.165) is 16.9 Å². The van der Waals surface area contributed by atoms with Crippen LogP contribution in [0.1, 0.15) is 22.6 Å². The third-order valence-electron chi connectivity index (χ3n) is 5.69. The predicted molar refractivity (Wildman–Crippen MR) is 133 cm³/mol. The number of rotatable bonds is 7. The lowest BCUT2D eigenvalue weighted by molar-refractivity contribution is -0.128. The van der Waals surface area contributed by atoms with Crippen LogP contribution in [0.3, 0.4) is 0 Å². The van der Waals surface area contributed by atoms with Crippen molar-refractivity contribution in [2.24, 2.45) is 5.73 Å². The Morgan fingerprint density at radius 2 is 1.58 bits per heavy atom. The molecule has 1 atom stereocenters. The lowest BCUT2D eigenvalue weighted by Crippen LogP contribution is -2.21. The molecule has 1 unspecified atom stereocenters. The second kappa shape index (κ2) is 10.6. The average molecular weight is 485 g/mol. The molecule has 182 valence electrons. The molecule has 0 fully saturated rings. The minimum absolute atomic E-state index is 0.0317. The zero-order valence-corrected chi connectivity index (χ0v) is 20.0. The molecule has 0 aromatic heterocycles. The summed E-state index contributed by atoms with van der Waals surface area (Å²) in [6.45, 7) is 0. The summed E-state index contributed by atoms with van der Waals surface area (Å²) in [6.07, 6.45) is 2.97. The van der Waals surface area contributed by atoms with Crippen molar-refractivity contribution in [2.75, 3.05) is 21.3 Å². The van der Waals surface area contributed by atoms with E-state index in [-0.39, 0.29) is 17.2 Å². The smallest absolute Gasteiger partial charge is 0.336 e. The Morgan fingerprint density at radius 1 is 0.917 bits per heavy atom. The Kier molecular flexibility index (Phi) is 7.12. The number of ether oxygens (including phenoxy) is 5. The van der Waals surface area contributed by atoms with Crippen molar-refractivity contribution in [3.05, 3.63) is 94.9 Å². The molecule has 0 radical (unpaired) electrons. The topological polar surface area (TPSA) is 113 Å². The molecule has 1 aliphatic rings. The first kappa shape index (κ1) is 24.2. The monoisotopic (exact) mass is 484 g/mol. The molecule has 0 saturated carbocycles. The Bertz CT molecular complexity index is 1390. The van der Waals surface area contributed by atoms with Crippen molar-refractivity contribution in [1.82, 2.24) is 0 Å². The van der Waals surface area contributed by atoms with Gasteiger partial charge in [0, 0.05) is 29.3 Å². The number of allylic oxidation sites excluding steroid dienone is 1. The van der Waals surface area contributed by atoms with E-state index < -0.39 is 11.9 Å². The summed E-state index contributed by atoms with van der Waals surface area (Å²) in [5, 5.41) is 9.82. The number of nitrogens with zero attached hydrogens (tertiary/aromatic N) is 1. The van der Waals surface area contributed by atoms with Crippen LogP contribution in [0.15, 0.2) is 78.2 Å². The lowest BCUT2D eigenvalue weighted by Gasteiger charge is -2.27. The second-order valence-corrected chi connectivity index (χ2v) is 7.76. The SMILES string of the molecule is COc1ccc(/C=C/C(=O)Oc2ccc3c(c2)OC(N)=C(C#N)C3c2ccc(OC)cc2OC)cc1. The van der Waals surface area contributed by atoms with Crippen molar-refractivity contribution in [1.29, 1.82) is 5.26 Å². The molecule has 0 spiro atoms. The van der Waals surface area contributed by atoms with Crippen LogP contribution < -0.4 is 29.4 Å². The van der Waals surface area contributed by atoms with Crippen molar-refractivity contribution in [3.63, 3.8) is 0 Å². The van der Waals surface area contributed by atoms with Crippen molar-refractivity contribution in [2.45, 2.75) is 5.92 Å². The number of methoxy groups -OCH3 is 3. The number of carbonyl (C=O) groups excluding carboxylic acids is 1. The first-order valence-corrected chi connectivity index (χ1v) is 10.9. The van der Waals surface area contributed by atoms with Crippen LogP contribution in [-0.2, 0) is 4.79 Å². The molecule has 8 nitrogen and oxygen atoms in total. The Morgan fingerprint density at radius 3 is 2.25 bits per heavy atom. The molecule has 0 bridgehead atoms. The predicted octanol–water partition coefficient (Wildman–Crippen LogP) is 4.55. The van der Waals surface area contributed by atoms with Gasteiger partial charge in [-0.1, -0.05) is 24.3 Å². The summed E-state index contributed by atoms with van der Waals surface area (Å²) in [5.41, 5.74) is 8.57. The van der Waals surface area contributed by atoms with Gasteiger partial charge in [-0.25, -0.2) is 4.79 Å². The fraction of sp³-hybridized carbons (Fsp3) is 0.143. The minimum Gasteiger partial charge on any atom is -0.497 e. The van der Waals surface area contributed by atoms with E-state index in [1.54, 1.807) is 69.9 Å². The Hall–Kier alpha value is -4.90. The van der Waals surface area contributed by atoms with Gasteiger partial charge in [0.1, 0.15) is 40.4 Å². The maximum atomic E-state index is 12.4. The van der Waals surface area contributed by atoms with Gasteiger partial charge in [-0.15, -0.1) is 0 Å². The van der Waals surface area contributed by atoms with E-state index >= 15 is 0 Å². The molecular formula is C28H24N2O6. The number of hydrogen-bond acceptors (Lipinski definition) is 8. The van der Waals surface area contributed by atoms with Gasteiger partial charge in [-0.05, 0) is 35.9 Å². The number of hydrogen-bond donors (Lipinski definition) is 1. The van der Waals surface area contributed by atoms with Gasteiger partial charge in [-0.2, -0.15) is 5.26 Å². The molecule has 4 rings (SSSR count). The summed E-state index contributed by atoms with van der Waals surface area (Å²) in [4.78, 5) is 12.4. The number of nitriles is 1. The number of carbonyl (C=O) groups is 1. The highest BCUT2D eigenvalue weighted by molar-refractivity contribution is 5.88. The van der Waals surface area contributed by atoms with Crippen LogP contribution in [0.4, 0.5) is 0 Å². The van der Waals surface area contributed by atoms with Crippen LogP contribution in [0.25, 0.3) is 6.08 Å². The molecule has 1 heterocycles. The van der Waals surface area contributed by atoms with Crippen LogP contribution in [0.5, 0.6) is 28.7 Å². The second-order valence-electron chi connectivity index (χ2n) is 7.76. The zero-order valence-electron chi connectivity index (χ0n) is 20.0. The number of esters is 1. The highest BCUT2D eigenvalue weighted by atomic mass is 16.5. The number of nitrogens with two attached hydrogens (primary N) is 1. The van der Waals surface area contributed by atoms with E-state index in [1.165, 1.54) is 6.08 Å². The van der Waals surface area contributed by atoms with Gasteiger partial charge in [0.15, 0.2) is 0 Å². The van der Waals surface area contributed by atoms with Gasteiger partial charge < -0.3 is 29.4 Å². The summed E-state index contributed by atoms with van der Waals surface area (Å²) in [7, 11) is 4.69. The normalized spacial score (nSPS) is 14.4. The quantitative estimate of drug-likeness (QED) is 0.295. The maximum absolute atomic E-state index is 12.4. The number of benzene rings is 3. The Labute approximate surface area is 208 Å². The molecule has 0 amide bonds. The van der Waals surface area contributed by atoms with Gasteiger partial charge in [0.2, 0.25) is 5.88 Å². The van der Waals surface area contributed by atoms with E-state index in [1.807, 2.05) is 18.2 Å². The highest BCUT2D eigenvalue weighted by Crippen LogP contribution is 2.46. The molecule has 3 aromatic carbocycles. The first-order chi connectivity index (χ1) is 17.5. The van der Waals surface area contributed by atoms with Gasteiger partial charge in [-0.3, -0.25) is 0 Å². The van der Waals surface area contributed by atoms with E-state index in [0.29, 0.717) is 22.8 Å².